The van der Waals surface area contributed by atoms with Crippen LogP contribution < -0.4 is 10.6 Å². The predicted molar refractivity (Wildman–Crippen MR) is 80.4 cm³/mol. The number of nitrogens with zero attached hydrogens (tertiary/aromatic N) is 2. The van der Waals surface area contributed by atoms with E-state index in [1.165, 1.54) is 0 Å². The number of hydrogen-bond donors (Lipinski definition) is 2. The van der Waals surface area contributed by atoms with Gasteiger partial charge in [0.1, 0.15) is 5.56 Å². The molecule has 0 aliphatic heterocycles. The molecule has 0 atom stereocenters. The second kappa shape index (κ2) is 8.99. The second-order valence-electron chi connectivity index (χ2n) is 4.61. The van der Waals surface area contributed by atoms with Gasteiger partial charge in [0.05, 0.1) is 6.61 Å². The Labute approximate surface area is 125 Å². The second-order valence-corrected chi connectivity index (χ2v) is 4.61. The van der Waals surface area contributed by atoms with Crippen molar-refractivity contribution in [2.75, 3.05) is 18.5 Å². The van der Waals surface area contributed by atoms with Crippen LogP contribution in [0.5, 0.6) is 0 Å². The first kappa shape index (κ1) is 17.0. The van der Waals surface area contributed by atoms with Crippen LogP contribution in [-0.2, 0) is 11.3 Å². The summed E-state index contributed by atoms with van der Waals surface area (Å²) in [6.45, 7) is 7.33. The summed E-state index contributed by atoms with van der Waals surface area (Å²) in [5.74, 6) is -0.250. The quantitative estimate of drug-likeness (QED) is 0.570. The third-order valence-electron chi connectivity index (χ3n) is 2.76. The summed E-state index contributed by atoms with van der Waals surface area (Å²) in [7, 11) is 0. The highest BCUT2D eigenvalue weighted by molar-refractivity contribution is 5.99. The molecule has 0 saturated carbocycles. The number of rotatable bonds is 8. The first-order chi connectivity index (χ1) is 10.1. The number of anilines is 1. The molecule has 0 saturated heterocycles. The zero-order chi connectivity index (χ0) is 15.7. The van der Waals surface area contributed by atoms with Crippen molar-refractivity contribution in [2.45, 2.75) is 46.6 Å². The fraction of sp³-hybridized carbons (Fsp3) is 0.643. The van der Waals surface area contributed by atoms with Crippen molar-refractivity contribution >= 4 is 17.8 Å². The maximum atomic E-state index is 11.9. The molecule has 1 aromatic rings. The Bertz CT molecular complexity index is 471. The molecular formula is C14H24N4O3. The van der Waals surface area contributed by atoms with E-state index in [2.05, 4.69) is 15.7 Å². The molecule has 1 aromatic heterocycles. The molecule has 118 valence electrons. The summed E-state index contributed by atoms with van der Waals surface area (Å²) < 4.78 is 6.61. The molecular weight excluding hydrogens is 272 g/mol. The lowest BCUT2D eigenvalue weighted by atomic mass is 10.3. The van der Waals surface area contributed by atoms with E-state index in [4.69, 9.17) is 4.74 Å². The summed E-state index contributed by atoms with van der Waals surface area (Å²) in [4.78, 5) is 23.6. The van der Waals surface area contributed by atoms with Gasteiger partial charge in [0.25, 0.3) is 0 Å². The molecule has 7 heteroatoms. The van der Waals surface area contributed by atoms with E-state index in [1.807, 2.05) is 13.8 Å². The zero-order valence-corrected chi connectivity index (χ0v) is 12.9. The van der Waals surface area contributed by atoms with Crippen molar-refractivity contribution in [1.82, 2.24) is 15.1 Å². The van der Waals surface area contributed by atoms with Gasteiger partial charge in [-0.1, -0.05) is 20.3 Å². The minimum atomic E-state index is -0.483. The van der Waals surface area contributed by atoms with Gasteiger partial charge in [-0.25, -0.2) is 9.59 Å². The van der Waals surface area contributed by atoms with Crippen LogP contribution in [0.2, 0.25) is 0 Å². The van der Waals surface area contributed by atoms with Gasteiger partial charge in [-0.05, 0) is 19.8 Å². The van der Waals surface area contributed by atoms with E-state index in [0.29, 0.717) is 13.1 Å². The lowest BCUT2D eigenvalue weighted by Crippen LogP contribution is -2.30. The zero-order valence-electron chi connectivity index (χ0n) is 12.9. The Morgan fingerprint density at radius 1 is 1.29 bits per heavy atom. The Kier molecular flexibility index (Phi) is 7.28. The van der Waals surface area contributed by atoms with Gasteiger partial charge in [0.15, 0.2) is 5.82 Å². The van der Waals surface area contributed by atoms with E-state index in [0.717, 1.165) is 19.3 Å². The third kappa shape index (κ3) is 5.45. The molecule has 0 aliphatic carbocycles. The smallest absolute Gasteiger partial charge is 0.343 e. The molecule has 21 heavy (non-hydrogen) atoms. The molecule has 0 aliphatic rings. The number of ether oxygens (including phenoxy) is 1. The Morgan fingerprint density at radius 3 is 2.67 bits per heavy atom. The van der Waals surface area contributed by atoms with Crippen LogP contribution in [0.4, 0.5) is 10.6 Å². The van der Waals surface area contributed by atoms with Crippen LogP contribution in [0, 0.1) is 0 Å². The molecule has 2 N–H and O–H groups in total. The number of aromatic nitrogens is 2. The summed E-state index contributed by atoms with van der Waals surface area (Å²) in [5, 5.41) is 9.54. The average molecular weight is 296 g/mol. The number of aryl methyl sites for hydroxylation is 1. The molecule has 1 rings (SSSR count). The predicted octanol–water partition coefficient (Wildman–Crippen LogP) is 2.39. The first-order valence-corrected chi connectivity index (χ1v) is 7.41. The normalized spacial score (nSPS) is 10.2. The highest BCUT2D eigenvalue weighted by Gasteiger charge is 2.19. The average Bonchev–Trinajstić information content (AvgIpc) is 2.82. The highest BCUT2D eigenvalue weighted by atomic mass is 16.5. The first-order valence-electron chi connectivity index (χ1n) is 7.41. The van der Waals surface area contributed by atoms with E-state index in [1.54, 1.807) is 17.8 Å². The van der Waals surface area contributed by atoms with E-state index in [9.17, 15) is 9.59 Å². The van der Waals surface area contributed by atoms with Crippen LogP contribution in [0.3, 0.4) is 0 Å². The summed E-state index contributed by atoms with van der Waals surface area (Å²) in [6, 6.07) is -0.365. The number of unbranched alkanes of at least 4 members (excludes halogenated alkanes) is 1. The molecule has 7 nitrogen and oxygen atoms in total. The van der Waals surface area contributed by atoms with Crippen molar-refractivity contribution < 1.29 is 14.3 Å². The van der Waals surface area contributed by atoms with Gasteiger partial charge < -0.3 is 10.1 Å². The highest BCUT2D eigenvalue weighted by Crippen LogP contribution is 2.15. The molecule has 0 spiro atoms. The van der Waals surface area contributed by atoms with Gasteiger partial charge in [0, 0.05) is 19.3 Å². The maximum absolute atomic E-state index is 11.9. The number of esters is 1. The monoisotopic (exact) mass is 296 g/mol. The lowest BCUT2D eigenvalue weighted by molar-refractivity contribution is 0.0527. The Hall–Kier alpha value is -2.05. The van der Waals surface area contributed by atoms with Gasteiger partial charge in [-0.15, -0.1) is 0 Å². The van der Waals surface area contributed by atoms with Gasteiger partial charge in [0.2, 0.25) is 0 Å². The molecule has 0 bridgehead atoms. The fourth-order valence-corrected chi connectivity index (χ4v) is 1.75. The number of carbonyl (C=O) groups excluding carboxylic acids is 2. The van der Waals surface area contributed by atoms with Crippen molar-refractivity contribution in [1.29, 1.82) is 0 Å². The van der Waals surface area contributed by atoms with Crippen LogP contribution in [-0.4, -0.2) is 34.9 Å². The van der Waals surface area contributed by atoms with Gasteiger partial charge in [-0.2, -0.15) is 5.10 Å². The van der Waals surface area contributed by atoms with Crippen LogP contribution >= 0.6 is 0 Å². The molecule has 0 unspecified atom stereocenters. The lowest BCUT2D eigenvalue weighted by Gasteiger charge is -2.06. The summed E-state index contributed by atoms with van der Waals surface area (Å²) >= 11 is 0. The summed E-state index contributed by atoms with van der Waals surface area (Å²) in [5.41, 5.74) is 0.274. The number of amides is 2. The number of hydrogen-bond acceptors (Lipinski definition) is 4. The van der Waals surface area contributed by atoms with Crippen LogP contribution in [0.25, 0.3) is 0 Å². The maximum Gasteiger partial charge on any atom is 0.343 e. The third-order valence-corrected chi connectivity index (χ3v) is 2.76. The van der Waals surface area contributed by atoms with Crippen molar-refractivity contribution in [2.24, 2.45) is 0 Å². The van der Waals surface area contributed by atoms with E-state index in [-0.39, 0.29) is 24.0 Å². The van der Waals surface area contributed by atoms with Crippen LogP contribution in [0.1, 0.15) is 50.4 Å². The fourth-order valence-electron chi connectivity index (χ4n) is 1.75. The Morgan fingerprint density at radius 2 is 2.05 bits per heavy atom. The van der Waals surface area contributed by atoms with Gasteiger partial charge >= 0.3 is 12.0 Å². The summed E-state index contributed by atoms with van der Waals surface area (Å²) in [6.07, 6.45) is 4.39. The van der Waals surface area contributed by atoms with Crippen LogP contribution in [0.15, 0.2) is 6.20 Å². The van der Waals surface area contributed by atoms with Crippen molar-refractivity contribution in [3.63, 3.8) is 0 Å². The van der Waals surface area contributed by atoms with E-state index >= 15 is 0 Å². The van der Waals surface area contributed by atoms with Crippen molar-refractivity contribution in [3.8, 4) is 0 Å². The molecule has 1 heterocycles. The molecule has 2 amide bonds. The van der Waals surface area contributed by atoms with E-state index < -0.39 is 5.97 Å². The number of carbonyl (C=O) groups is 2. The topological polar surface area (TPSA) is 85.3 Å². The SMILES string of the molecule is CCCCNC(=O)Nc1nn(CCC)cc1C(=O)OCC. The molecule has 0 radical (unpaired) electrons. The van der Waals surface area contributed by atoms with Crippen molar-refractivity contribution in [3.05, 3.63) is 11.8 Å². The van der Waals surface area contributed by atoms with Gasteiger partial charge in [-0.3, -0.25) is 10.00 Å². The molecule has 0 aromatic carbocycles. The standard InChI is InChI=1S/C14H24N4O3/c1-4-7-8-15-14(20)16-12-11(13(19)21-6-3)10-18(17-12)9-5-2/h10H,4-9H2,1-3H3,(H2,15,16,17,20). The molecule has 0 fully saturated rings. The largest absolute Gasteiger partial charge is 0.462 e. The number of nitrogens with one attached hydrogen (secondary N) is 2. The minimum absolute atomic E-state index is 0.232. The minimum Gasteiger partial charge on any atom is -0.462 e. The number of urea groups is 1. The Balaban J connectivity index is 2.77.